The Labute approximate surface area is 226 Å². The Morgan fingerprint density at radius 1 is 0.750 bits per heavy atom. The Bertz CT molecular complexity index is 1030. The van der Waals surface area contributed by atoms with Crippen molar-refractivity contribution in [1.82, 2.24) is 0 Å². The number of nitrogens with zero attached hydrogens (tertiary/aromatic N) is 2. The van der Waals surface area contributed by atoms with Gasteiger partial charge in [0.25, 0.3) is 0 Å². The summed E-state index contributed by atoms with van der Waals surface area (Å²) in [5, 5.41) is 12.5. The normalized spacial score (nSPS) is 15.5. The molecule has 0 spiro atoms. The van der Waals surface area contributed by atoms with Crippen LogP contribution in [0.3, 0.4) is 0 Å². The number of rotatable bonds is 13. The summed E-state index contributed by atoms with van der Waals surface area (Å²) in [5.41, 5.74) is 0.0122. The predicted molar refractivity (Wildman–Crippen MR) is 124 cm³/mol. The Balaban J connectivity index is 2.94. The van der Waals surface area contributed by atoms with Crippen molar-refractivity contribution in [2.45, 2.75) is 68.1 Å². The molecule has 0 aliphatic carbocycles. The van der Waals surface area contributed by atoms with Crippen molar-refractivity contribution in [3.8, 4) is 0 Å². The van der Waals surface area contributed by atoms with Crippen LogP contribution in [0, 0.1) is 5.21 Å². The van der Waals surface area contributed by atoms with Crippen molar-refractivity contribution in [2.24, 2.45) is 0 Å². The molecular weight excluding hydrogens is 599 g/mol. The average molecular weight is 628 g/mol. The summed E-state index contributed by atoms with van der Waals surface area (Å²) >= 11 is 0.341. The highest BCUT2D eigenvalue weighted by Gasteiger charge is 2.90. The lowest BCUT2D eigenvalue weighted by Gasteiger charge is -2.39. The molecule has 0 bridgehead atoms. The van der Waals surface area contributed by atoms with Crippen molar-refractivity contribution in [1.29, 1.82) is 0 Å². The summed E-state index contributed by atoms with van der Waals surface area (Å²) in [6.07, 6.45) is -8.61. The van der Waals surface area contributed by atoms with E-state index in [1.165, 1.54) is 13.8 Å². The van der Waals surface area contributed by atoms with Crippen LogP contribution in [-0.2, 0) is 6.54 Å². The standard InChI is InChI=1S/C23H28F13N2OS/c1-17(2,37(39)12-15-6-8-16(9-7-15)13-38(3,4)5)14-40-11-10-18(24,25)19(26,27)20(28,29)21(30,31)22(32,33)23(34,35)36/h6-9,12H,10-11,13-14H2,1-5H3/q+1/b37-12-. The molecule has 0 unspecified atom stereocenters. The van der Waals surface area contributed by atoms with Crippen LogP contribution in [0.5, 0.6) is 0 Å². The molecule has 0 radical (unpaired) electrons. The summed E-state index contributed by atoms with van der Waals surface area (Å²) in [6.45, 7) is 3.31. The predicted octanol–water partition coefficient (Wildman–Crippen LogP) is 7.46. The molecule has 1 aromatic carbocycles. The third-order valence-electron chi connectivity index (χ3n) is 5.51. The molecule has 1 aromatic rings. The average Bonchev–Trinajstić information content (AvgIpc) is 2.75. The van der Waals surface area contributed by atoms with Crippen LogP contribution < -0.4 is 0 Å². The second-order valence-corrected chi connectivity index (χ2v) is 11.9. The molecule has 1 rings (SSSR count). The van der Waals surface area contributed by atoms with Gasteiger partial charge in [-0.2, -0.15) is 68.8 Å². The molecule has 0 heterocycles. The van der Waals surface area contributed by atoms with E-state index in [9.17, 15) is 62.3 Å². The number of hydroxylamine groups is 1. The highest BCUT2D eigenvalue weighted by Crippen LogP contribution is 2.60. The Morgan fingerprint density at radius 2 is 1.20 bits per heavy atom. The van der Waals surface area contributed by atoms with Crippen LogP contribution in [0.15, 0.2) is 24.3 Å². The molecule has 232 valence electrons. The van der Waals surface area contributed by atoms with Crippen molar-refractivity contribution < 1.29 is 66.3 Å². The maximum absolute atomic E-state index is 13.9. The van der Waals surface area contributed by atoms with E-state index < -0.39 is 53.5 Å². The molecule has 0 aliphatic rings. The minimum Gasteiger partial charge on any atom is -0.623 e. The largest absolute Gasteiger partial charge is 0.623 e. The molecule has 0 saturated carbocycles. The van der Waals surface area contributed by atoms with E-state index in [0.717, 1.165) is 11.8 Å². The highest BCUT2D eigenvalue weighted by molar-refractivity contribution is 7.99. The fraction of sp³-hybridized carbons (Fsp3) is 0.696. The van der Waals surface area contributed by atoms with Crippen LogP contribution >= 0.6 is 11.8 Å². The van der Waals surface area contributed by atoms with E-state index in [1.54, 1.807) is 24.3 Å². The molecule has 0 amide bonds. The lowest BCUT2D eigenvalue weighted by Crippen LogP contribution is -2.70. The number of benzene rings is 1. The molecule has 0 aromatic heterocycles. The fourth-order valence-corrected chi connectivity index (χ4v) is 4.28. The van der Waals surface area contributed by atoms with Crippen molar-refractivity contribution in [2.75, 3.05) is 32.6 Å². The van der Waals surface area contributed by atoms with Gasteiger partial charge >= 0.3 is 35.8 Å². The van der Waals surface area contributed by atoms with Gasteiger partial charge in [-0.05, 0) is 17.9 Å². The highest BCUT2D eigenvalue weighted by atomic mass is 32.2. The van der Waals surface area contributed by atoms with Gasteiger partial charge in [-0.1, -0.05) is 12.1 Å². The van der Waals surface area contributed by atoms with Crippen LogP contribution in [-0.4, -0.2) is 89.4 Å². The first-order valence-corrected chi connectivity index (χ1v) is 12.4. The number of quaternary nitrogens is 1. The molecule has 3 nitrogen and oxygen atoms in total. The maximum Gasteiger partial charge on any atom is 0.460 e. The van der Waals surface area contributed by atoms with E-state index >= 15 is 0 Å². The first kappa shape index (κ1) is 36.1. The number of thioether (sulfide) groups is 1. The van der Waals surface area contributed by atoms with Gasteiger partial charge in [0.05, 0.1) is 26.9 Å². The van der Waals surface area contributed by atoms with Gasteiger partial charge in [-0.3, -0.25) is 0 Å². The summed E-state index contributed by atoms with van der Waals surface area (Å²) < 4.78 is 173. The lowest BCUT2D eigenvalue weighted by molar-refractivity contribution is -0.884. The Kier molecular flexibility index (Phi) is 10.3. The van der Waals surface area contributed by atoms with E-state index in [4.69, 9.17) is 0 Å². The zero-order valence-corrected chi connectivity index (χ0v) is 22.7. The first-order chi connectivity index (χ1) is 17.5. The monoisotopic (exact) mass is 627 g/mol. The Hall–Kier alpha value is -1.91. The summed E-state index contributed by atoms with van der Waals surface area (Å²) in [7, 11) is 5.89. The van der Waals surface area contributed by atoms with Crippen LogP contribution in [0.1, 0.15) is 31.4 Å². The second kappa shape index (κ2) is 11.4. The minimum absolute atomic E-state index is 0.341. The van der Waals surface area contributed by atoms with Gasteiger partial charge in [0.15, 0.2) is 11.8 Å². The third-order valence-corrected chi connectivity index (χ3v) is 6.92. The fourth-order valence-electron chi connectivity index (χ4n) is 3.11. The molecule has 0 N–H and O–H groups in total. The van der Waals surface area contributed by atoms with E-state index in [1.807, 2.05) is 21.1 Å². The zero-order chi connectivity index (χ0) is 31.8. The van der Waals surface area contributed by atoms with Gasteiger partial charge in [-0.15, -0.1) is 0 Å². The van der Waals surface area contributed by atoms with E-state index in [0.29, 0.717) is 33.1 Å². The van der Waals surface area contributed by atoms with Crippen molar-refractivity contribution >= 4 is 18.0 Å². The molecule has 0 fully saturated rings. The van der Waals surface area contributed by atoms with E-state index in [2.05, 4.69) is 0 Å². The Morgan fingerprint density at radius 3 is 1.62 bits per heavy atom. The number of hydrogen-bond acceptors (Lipinski definition) is 2. The molecule has 17 heteroatoms. The minimum atomic E-state index is -7.91. The smallest absolute Gasteiger partial charge is 0.460 e. The summed E-state index contributed by atoms with van der Waals surface area (Å²) in [6, 6.07) is 6.77. The number of hydrogen-bond donors (Lipinski definition) is 0. The van der Waals surface area contributed by atoms with Gasteiger partial charge < -0.3 is 9.69 Å². The maximum atomic E-state index is 13.9. The summed E-state index contributed by atoms with van der Waals surface area (Å²) in [5.74, 6) is -38.4. The third kappa shape index (κ3) is 7.48. The van der Waals surface area contributed by atoms with Crippen LogP contribution in [0.4, 0.5) is 57.1 Å². The SMILES string of the molecule is CC(C)(CSCCC(F)(F)C(F)(F)C(F)(F)C(F)(F)C(F)(F)C(F)(F)F)/[N+]([O-])=C/c1ccc(C[N+](C)(C)C)cc1. The topological polar surface area (TPSA) is 26.1 Å². The number of halogens is 13. The van der Waals surface area contributed by atoms with Gasteiger partial charge in [0.1, 0.15) is 6.54 Å². The molecule has 40 heavy (non-hydrogen) atoms. The molecule has 0 saturated heterocycles. The second-order valence-electron chi connectivity index (χ2n) is 10.8. The quantitative estimate of drug-likeness (QED) is 0.0432. The molecular formula is C23H28F13N2OS+. The van der Waals surface area contributed by atoms with Gasteiger partial charge in [0.2, 0.25) is 0 Å². The number of alkyl halides is 13. The van der Waals surface area contributed by atoms with E-state index in [-0.39, 0.29) is 5.75 Å². The van der Waals surface area contributed by atoms with Crippen LogP contribution in [0.25, 0.3) is 0 Å². The lowest BCUT2D eigenvalue weighted by atomic mass is 9.93. The summed E-state index contributed by atoms with van der Waals surface area (Å²) in [4.78, 5) is 0. The molecule has 0 atom stereocenters. The van der Waals surface area contributed by atoms with Crippen LogP contribution in [0.2, 0.25) is 0 Å². The van der Waals surface area contributed by atoms with Crippen molar-refractivity contribution in [3.05, 3.63) is 40.6 Å². The zero-order valence-electron chi connectivity index (χ0n) is 21.8. The molecule has 0 aliphatic heterocycles. The first-order valence-electron chi connectivity index (χ1n) is 11.3. The van der Waals surface area contributed by atoms with Crippen molar-refractivity contribution in [3.63, 3.8) is 0 Å². The van der Waals surface area contributed by atoms with Gasteiger partial charge in [0, 0.05) is 31.4 Å². The van der Waals surface area contributed by atoms with Gasteiger partial charge in [-0.25, -0.2) is 4.74 Å².